The molecule has 1 aliphatic carbocycles. The first kappa shape index (κ1) is 13.5. The van der Waals surface area contributed by atoms with E-state index in [0.29, 0.717) is 12.8 Å². The van der Waals surface area contributed by atoms with Crippen molar-refractivity contribution in [2.45, 2.75) is 12.8 Å². The van der Waals surface area contributed by atoms with E-state index < -0.39 is 17.4 Å². The molecule has 0 aliphatic heterocycles. The van der Waals surface area contributed by atoms with Gasteiger partial charge in [-0.3, -0.25) is 14.6 Å². The second-order valence-electron chi connectivity index (χ2n) is 5.26. The van der Waals surface area contributed by atoms with Gasteiger partial charge in [-0.25, -0.2) is 0 Å². The predicted molar refractivity (Wildman–Crippen MR) is 75.6 cm³/mol. The lowest BCUT2D eigenvalue weighted by molar-refractivity contribution is -0.168. The van der Waals surface area contributed by atoms with E-state index in [1.54, 1.807) is 12.4 Å². The van der Waals surface area contributed by atoms with Crippen LogP contribution in [0.2, 0.25) is 0 Å². The fourth-order valence-electron chi connectivity index (χ4n) is 3.03. The molecule has 5 nitrogen and oxygen atoms in total. The van der Waals surface area contributed by atoms with Gasteiger partial charge in [-0.2, -0.15) is 0 Å². The summed E-state index contributed by atoms with van der Waals surface area (Å²) >= 11 is 0. The fraction of sp³-hybridized carbons (Fsp3) is 0.312. The number of nitrogens with zero attached hydrogens (tertiary/aromatic N) is 1. The lowest BCUT2D eigenvalue weighted by Gasteiger charge is -2.22. The molecule has 5 heteroatoms. The zero-order valence-corrected chi connectivity index (χ0v) is 11.9. The van der Waals surface area contributed by atoms with Gasteiger partial charge in [0.05, 0.1) is 14.2 Å². The van der Waals surface area contributed by atoms with E-state index in [-0.39, 0.29) is 0 Å². The summed E-state index contributed by atoms with van der Waals surface area (Å²) < 4.78 is 9.67. The molecule has 0 unspecified atom stereocenters. The second kappa shape index (κ2) is 4.84. The molecule has 0 bridgehead atoms. The Morgan fingerprint density at radius 3 is 2.19 bits per heavy atom. The Morgan fingerprint density at radius 1 is 1.05 bits per heavy atom. The highest BCUT2D eigenvalue weighted by molar-refractivity contribution is 6.02. The molecule has 3 rings (SSSR count). The first-order valence-electron chi connectivity index (χ1n) is 6.63. The van der Waals surface area contributed by atoms with Crippen LogP contribution in [0.3, 0.4) is 0 Å². The number of methoxy groups -OCH3 is 2. The normalized spacial score (nSPS) is 15.5. The molecule has 1 aromatic heterocycles. The molecule has 0 spiro atoms. The Labute approximate surface area is 121 Å². The molecule has 0 N–H and O–H groups in total. The van der Waals surface area contributed by atoms with Crippen LogP contribution >= 0.6 is 0 Å². The third-order valence-electron chi connectivity index (χ3n) is 4.10. The minimum Gasteiger partial charge on any atom is -0.468 e. The fourth-order valence-corrected chi connectivity index (χ4v) is 3.03. The number of aromatic nitrogens is 1. The largest absolute Gasteiger partial charge is 0.468 e. The highest BCUT2D eigenvalue weighted by atomic mass is 16.5. The molecular formula is C16H15NO4. The lowest BCUT2D eigenvalue weighted by atomic mass is 9.85. The number of carbonyl (C=O) groups is 2. The average Bonchev–Trinajstić information content (AvgIpc) is 2.90. The van der Waals surface area contributed by atoms with Crippen molar-refractivity contribution < 1.29 is 19.1 Å². The van der Waals surface area contributed by atoms with Gasteiger partial charge < -0.3 is 9.47 Å². The molecule has 108 valence electrons. The Kier molecular flexibility index (Phi) is 3.12. The summed E-state index contributed by atoms with van der Waals surface area (Å²) in [5, 5.41) is 2.02. The summed E-state index contributed by atoms with van der Waals surface area (Å²) in [5.74, 6) is -1.10. The van der Waals surface area contributed by atoms with Crippen LogP contribution in [-0.2, 0) is 31.9 Å². The summed E-state index contributed by atoms with van der Waals surface area (Å²) in [4.78, 5) is 28.4. The van der Waals surface area contributed by atoms with Crippen LogP contribution < -0.4 is 0 Å². The summed E-state index contributed by atoms with van der Waals surface area (Å²) in [6.07, 6.45) is 4.09. The number of pyridine rings is 1. The molecule has 0 saturated carbocycles. The number of rotatable bonds is 2. The minimum atomic E-state index is -1.27. The van der Waals surface area contributed by atoms with Crippen molar-refractivity contribution >= 4 is 22.7 Å². The van der Waals surface area contributed by atoms with Crippen molar-refractivity contribution in [3.8, 4) is 0 Å². The third kappa shape index (κ3) is 1.96. The molecule has 0 atom stereocenters. The minimum absolute atomic E-state index is 0.298. The van der Waals surface area contributed by atoms with Crippen LogP contribution in [0, 0.1) is 5.41 Å². The van der Waals surface area contributed by atoms with Crippen LogP contribution in [0.15, 0.2) is 30.6 Å². The Bertz CT molecular complexity index is 676. The summed E-state index contributed by atoms with van der Waals surface area (Å²) in [6.45, 7) is 0. The summed E-state index contributed by atoms with van der Waals surface area (Å²) in [7, 11) is 2.58. The van der Waals surface area contributed by atoms with E-state index in [2.05, 4.69) is 4.98 Å². The molecule has 0 saturated heterocycles. The van der Waals surface area contributed by atoms with Gasteiger partial charge in [0.25, 0.3) is 0 Å². The van der Waals surface area contributed by atoms with E-state index in [1.807, 2.05) is 18.2 Å². The number of benzene rings is 1. The van der Waals surface area contributed by atoms with Crippen molar-refractivity contribution in [1.29, 1.82) is 0 Å². The smallest absolute Gasteiger partial charge is 0.323 e. The highest BCUT2D eigenvalue weighted by Gasteiger charge is 2.52. The molecule has 0 amide bonds. The second-order valence-corrected chi connectivity index (χ2v) is 5.26. The maximum absolute atomic E-state index is 12.2. The first-order chi connectivity index (χ1) is 10.1. The van der Waals surface area contributed by atoms with Crippen molar-refractivity contribution in [2.75, 3.05) is 14.2 Å². The first-order valence-corrected chi connectivity index (χ1v) is 6.63. The Morgan fingerprint density at radius 2 is 1.62 bits per heavy atom. The van der Waals surface area contributed by atoms with E-state index >= 15 is 0 Å². The van der Waals surface area contributed by atoms with Gasteiger partial charge in [-0.1, -0.05) is 6.07 Å². The number of hydrogen-bond donors (Lipinski definition) is 0. The number of fused-ring (bicyclic) bond motifs is 2. The van der Waals surface area contributed by atoms with Gasteiger partial charge in [0.2, 0.25) is 0 Å². The number of hydrogen-bond acceptors (Lipinski definition) is 5. The van der Waals surface area contributed by atoms with E-state index in [0.717, 1.165) is 21.9 Å². The predicted octanol–water partition coefficient (Wildman–Crippen LogP) is 1.67. The molecule has 0 radical (unpaired) electrons. The van der Waals surface area contributed by atoms with Gasteiger partial charge in [-0.15, -0.1) is 0 Å². The molecule has 0 fully saturated rings. The van der Waals surface area contributed by atoms with Crippen molar-refractivity contribution in [2.24, 2.45) is 5.41 Å². The van der Waals surface area contributed by atoms with E-state index in [1.165, 1.54) is 14.2 Å². The summed E-state index contributed by atoms with van der Waals surface area (Å²) in [6, 6.07) is 5.89. The SMILES string of the molecule is COC(=O)C1(C(=O)OC)Cc2cc3ccncc3cc2C1. The zero-order valence-electron chi connectivity index (χ0n) is 11.9. The monoisotopic (exact) mass is 285 g/mol. The quantitative estimate of drug-likeness (QED) is 0.620. The van der Waals surface area contributed by atoms with E-state index in [9.17, 15) is 9.59 Å². The van der Waals surface area contributed by atoms with Gasteiger partial charge in [0.15, 0.2) is 5.41 Å². The Hall–Kier alpha value is -2.43. The maximum atomic E-state index is 12.2. The van der Waals surface area contributed by atoms with Crippen molar-refractivity contribution in [3.63, 3.8) is 0 Å². The molecule has 21 heavy (non-hydrogen) atoms. The van der Waals surface area contributed by atoms with Crippen LogP contribution in [0.5, 0.6) is 0 Å². The van der Waals surface area contributed by atoms with Crippen LogP contribution in [0.1, 0.15) is 11.1 Å². The van der Waals surface area contributed by atoms with Gasteiger partial charge in [0.1, 0.15) is 0 Å². The molecule has 1 aliphatic rings. The number of carbonyl (C=O) groups excluding carboxylic acids is 2. The van der Waals surface area contributed by atoms with Gasteiger partial charge >= 0.3 is 11.9 Å². The third-order valence-corrected chi connectivity index (χ3v) is 4.10. The molecular weight excluding hydrogens is 270 g/mol. The highest BCUT2D eigenvalue weighted by Crippen LogP contribution is 2.40. The lowest BCUT2D eigenvalue weighted by Crippen LogP contribution is -2.42. The maximum Gasteiger partial charge on any atom is 0.323 e. The van der Waals surface area contributed by atoms with Gasteiger partial charge in [0, 0.05) is 17.8 Å². The molecule has 2 aromatic rings. The Balaban J connectivity index is 2.11. The van der Waals surface area contributed by atoms with Gasteiger partial charge in [-0.05, 0) is 41.5 Å². The van der Waals surface area contributed by atoms with Crippen LogP contribution in [0.4, 0.5) is 0 Å². The zero-order chi connectivity index (χ0) is 15.0. The van der Waals surface area contributed by atoms with Crippen LogP contribution in [0.25, 0.3) is 10.8 Å². The standard InChI is InChI=1S/C16H15NO4/c1-20-14(18)16(15(19)21-2)7-11-5-10-3-4-17-9-13(10)6-12(11)8-16/h3-6,9H,7-8H2,1-2H3. The number of esters is 2. The topological polar surface area (TPSA) is 65.5 Å². The van der Waals surface area contributed by atoms with E-state index in [4.69, 9.17) is 9.47 Å². The van der Waals surface area contributed by atoms with Crippen LogP contribution in [-0.4, -0.2) is 31.1 Å². The van der Waals surface area contributed by atoms with Crippen molar-refractivity contribution in [1.82, 2.24) is 4.98 Å². The number of ether oxygens (including phenoxy) is 2. The average molecular weight is 285 g/mol. The van der Waals surface area contributed by atoms with Crippen molar-refractivity contribution in [3.05, 3.63) is 41.7 Å². The molecule has 1 aromatic carbocycles. The summed E-state index contributed by atoms with van der Waals surface area (Å²) in [5.41, 5.74) is 0.673. The molecule has 1 heterocycles.